The number of ether oxygens (including phenoxy) is 2. The summed E-state index contributed by atoms with van der Waals surface area (Å²) in [5, 5.41) is 11.6. The monoisotopic (exact) mass is 672 g/mol. The highest BCUT2D eigenvalue weighted by atomic mass is 19.1. The van der Waals surface area contributed by atoms with Gasteiger partial charge in [0.05, 0.1) is 18.0 Å². The van der Waals surface area contributed by atoms with Gasteiger partial charge in [-0.3, -0.25) is 19.2 Å². The van der Waals surface area contributed by atoms with E-state index in [9.17, 15) is 23.6 Å². The van der Waals surface area contributed by atoms with Crippen LogP contribution in [0.25, 0.3) is 0 Å². The van der Waals surface area contributed by atoms with Crippen LogP contribution >= 0.6 is 0 Å². The number of carbonyl (C=O) groups is 4. The molecule has 49 heavy (non-hydrogen) atoms. The van der Waals surface area contributed by atoms with Crippen LogP contribution in [-0.2, 0) is 31.0 Å². The van der Waals surface area contributed by atoms with Gasteiger partial charge in [-0.25, -0.2) is 4.39 Å². The number of nitrogens with one attached hydrogen (secondary N) is 4. The molecule has 2 aliphatic rings. The van der Waals surface area contributed by atoms with Crippen LogP contribution in [0.5, 0.6) is 5.75 Å². The average molecular weight is 673 g/mol. The van der Waals surface area contributed by atoms with Crippen LogP contribution in [0.4, 0.5) is 4.39 Å². The van der Waals surface area contributed by atoms with Gasteiger partial charge in [-0.15, -0.1) is 0 Å². The predicted octanol–water partition coefficient (Wildman–Crippen LogP) is 3.83. The Morgan fingerprint density at radius 1 is 0.939 bits per heavy atom. The van der Waals surface area contributed by atoms with Crippen LogP contribution < -0.4 is 26.0 Å². The van der Waals surface area contributed by atoms with Crippen molar-refractivity contribution in [1.29, 1.82) is 0 Å². The van der Waals surface area contributed by atoms with Gasteiger partial charge in [0.25, 0.3) is 5.91 Å². The lowest BCUT2D eigenvalue weighted by molar-refractivity contribution is -0.131. The normalized spacial score (nSPS) is 21.6. The summed E-state index contributed by atoms with van der Waals surface area (Å²) in [6, 6.07) is 19.7. The second-order valence-electron chi connectivity index (χ2n) is 13.3. The number of hydrogen-bond donors (Lipinski definition) is 4. The number of hydrogen-bond acceptors (Lipinski definition) is 6. The summed E-state index contributed by atoms with van der Waals surface area (Å²) < 4.78 is 26.0. The first-order chi connectivity index (χ1) is 23.6. The smallest absolute Gasteiger partial charge is 0.255 e. The Balaban J connectivity index is 1.43. The molecule has 0 spiro atoms. The average Bonchev–Trinajstić information content (AvgIpc) is 3.09. The molecule has 0 bridgehead atoms. The van der Waals surface area contributed by atoms with Crippen molar-refractivity contribution in [3.05, 3.63) is 101 Å². The topological polar surface area (TPSA) is 135 Å². The maximum atomic E-state index is 14.3. The van der Waals surface area contributed by atoms with Crippen molar-refractivity contribution in [3.63, 3.8) is 0 Å². The molecule has 4 amide bonds. The Morgan fingerprint density at radius 3 is 2.41 bits per heavy atom. The third-order valence-corrected chi connectivity index (χ3v) is 9.11. The molecule has 0 aromatic heterocycles. The van der Waals surface area contributed by atoms with E-state index in [1.165, 1.54) is 12.1 Å². The van der Waals surface area contributed by atoms with Crippen molar-refractivity contribution < 1.29 is 33.0 Å². The van der Waals surface area contributed by atoms with Gasteiger partial charge in [0.15, 0.2) is 0 Å². The van der Waals surface area contributed by atoms with E-state index in [0.29, 0.717) is 32.5 Å². The minimum atomic E-state index is -1.29. The van der Waals surface area contributed by atoms with Crippen molar-refractivity contribution in [2.75, 3.05) is 26.4 Å². The van der Waals surface area contributed by atoms with Crippen LogP contribution in [0.3, 0.4) is 0 Å². The summed E-state index contributed by atoms with van der Waals surface area (Å²) >= 11 is 0. The molecular weight excluding hydrogens is 627 g/mol. The molecule has 0 saturated carbocycles. The van der Waals surface area contributed by atoms with Crippen LogP contribution in [0.2, 0.25) is 0 Å². The lowest BCUT2D eigenvalue weighted by atomic mass is 9.74. The molecule has 2 aliphatic heterocycles. The van der Waals surface area contributed by atoms with Gasteiger partial charge in [0, 0.05) is 31.6 Å². The number of para-hydroxylation sites is 1. The number of benzene rings is 3. The minimum absolute atomic E-state index is 0.0933. The summed E-state index contributed by atoms with van der Waals surface area (Å²) in [5.74, 6) is -1.99. The lowest BCUT2D eigenvalue weighted by Gasteiger charge is -2.38. The van der Waals surface area contributed by atoms with Gasteiger partial charge in [0.1, 0.15) is 30.3 Å². The van der Waals surface area contributed by atoms with Crippen LogP contribution in [0.15, 0.2) is 78.9 Å². The molecule has 0 unspecified atom stereocenters. The van der Waals surface area contributed by atoms with Crippen LogP contribution in [0, 0.1) is 11.7 Å². The molecule has 3 atom stereocenters. The maximum Gasteiger partial charge on any atom is 0.255 e. The summed E-state index contributed by atoms with van der Waals surface area (Å²) in [4.78, 5) is 55.0. The molecule has 4 N–H and O–H groups in total. The fourth-order valence-electron chi connectivity index (χ4n) is 6.48. The molecule has 10 nitrogen and oxygen atoms in total. The number of rotatable bonds is 8. The van der Waals surface area contributed by atoms with Gasteiger partial charge >= 0.3 is 0 Å². The quantitative estimate of drug-likeness (QED) is 0.288. The van der Waals surface area contributed by atoms with E-state index < -0.39 is 47.7 Å². The highest BCUT2D eigenvalue weighted by Gasteiger charge is 2.37. The predicted molar refractivity (Wildman–Crippen MR) is 182 cm³/mol. The van der Waals surface area contributed by atoms with Gasteiger partial charge in [0.2, 0.25) is 17.7 Å². The largest absolute Gasteiger partial charge is 0.491 e. The molecule has 1 fully saturated rings. The highest BCUT2D eigenvalue weighted by molar-refractivity contribution is 6.01. The third-order valence-electron chi connectivity index (χ3n) is 9.11. The van der Waals surface area contributed by atoms with E-state index in [1.807, 2.05) is 50.2 Å². The Hall–Kier alpha value is -4.77. The van der Waals surface area contributed by atoms with Gasteiger partial charge < -0.3 is 30.7 Å². The van der Waals surface area contributed by atoms with Crippen molar-refractivity contribution in [2.24, 2.45) is 5.92 Å². The second-order valence-corrected chi connectivity index (χ2v) is 13.3. The lowest BCUT2D eigenvalue weighted by Crippen LogP contribution is -2.55. The molecule has 3 aromatic carbocycles. The maximum absolute atomic E-state index is 14.3. The van der Waals surface area contributed by atoms with Crippen molar-refractivity contribution in [2.45, 2.75) is 69.5 Å². The number of halogens is 1. The highest BCUT2D eigenvalue weighted by Crippen LogP contribution is 2.34. The SMILES string of the molecule is CC(C)C[C@@H]1COc2ccccc2C(=O)N[C@H](C(=O)NCC2(c3cccc(F)c3)CCOCC2)CC(=O)N[C@H](Cc2ccccc2)C(=O)N1. The summed E-state index contributed by atoms with van der Waals surface area (Å²) in [7, 11) is 0. The molecule has 11 heteroatoms. The molecule has 0 radical (unpaired) electrons. The molecule has 2 heterocycles. The first-order valence-corrected chi connectivity index (χ1v) is 16.9. The van der Waals surface area contributed by atoms with Crippen LogP contribution in [-0.4, -0.2) is 68.1 Å². The Morgan fingerprint density at radius 2 is 1.67 bits per heavy atom. The molecule has 1 saturated heterocycles. The number of carbonyl (C=O) groups excluding carboxylic acids is 4. The number of fused-ring (bicyclic) bond motifs is 1. The van der Waals surface area contributed by atoms with E-state index in [4.69, 9.17) is 9.47 Å². The zero-order chi connectivity index (χ0) is 34.8. The Bertz CT molecular complexity index is 1610. The van der Waals surface area contributed by atoms with E-state index in [0.717, 1.165) is 11.1 Å². The zero-order valence-corrected chi connectivity index (χ0v) is 28.0. The van der Waals surface area contributed by atoms with E-state index >= 15 is 0 Å². The minimum Gasteiger partial charge on any atom is -0.491 e. The fraction of sp³-hybridized carbons (Fsp3) is 0.421. The van der Waals surface area contributed by atoms with Gasteiger partial charge in [-0.05, 0) is 60.6 Å². The van der Waals surface area contributed by atoms with Gasteiger partial charge in [-0.2, -0.15) is 0 Å². The summed E-state index contributed by atoms with van der Waals surface area (Å²) in [6.07, 6.45) is 1.50. The van der Waals surface area contributed by atoms with Crippen LogP contribution in [0.1, 0.15) is 61.0 Å². The van der Waals surface area contributed by atoms with Gasteiger partial charge in [-0.1, -0.05) is 68.4 Å². The zero-order valence-electron chi connectivity index (χ0n) is 28.0. The van der Waals surface area contributed by atoms with E-state index in [2.05, 4.69) is 21.3 Å². The fourth-order valence-corrected chi connectivity index (χ4v) is 6.48. The first kappa shape index (κ1) is 35.5. The molecule has 0 aliphatic carbocycles. The summed E-state index contributed by atoms with van der Waals surface area (Å²) in [6.45, 7) is 5.19. The van der Waals surface area contributed by atoms with Crippen molar-refractivity contribution in [1.82, 2.24) is 21.3 Å². The number of amides is 4. The van der Waals surface area contributed by atoms with Crippen molar-refractivity contribution >= 4 is 23.6 Å². The third kappa shape index (κ3) is 9.66. The molecule has 260 valence electrons. The molecular formula is C38H45FN4O6. The van der Waals surface area contributed by atoms with Crippen molar-refractivity contribution in [3.8, 4) is 5.75 Å². The second kappa shape index (κ2) is 16.6. The Kier molecular flexibility index (Phi) is 12.0. The molecule has 5 rings (SSSR count). The Labute approximate surface area is 286 Å². The van der Waals surface area contributed by atoms with E-state index in [-0.39, 0.29) is 48.5 Å². The summed E-state index contributed by atoms with van der Waals surface area (Å²) in [5.41, 5.74) is 1.17. The van der Waals surface area contributed by atoms with E-state index in [1.54, 1.807) is 30.3 Å². The molecule has 3 aromatic rings. The standard InChI is InChI=1S/C38H45FN4O6/c1-25(2)19-29-23-49-33-14-7-6-13-30(33)35(45)43-32(22-34(44)42-31(37(47)41-29)20-26-9-4-3-5-10-26)36(46)40-24-38(15-17-48-18-16-38)27-11-8-12-28(39)21-27/h3-14,21,25,29,31-32H,15-20,22-24H2,1-2H3,(H,40,46)(H,41,47)(H,42,44)(H,43,45)/t29-,31-,32+/m1/s1. The first-order valence-electron chi connectivity index (χ1n) is 16.9.